The highest BCUT2D eigenvalue weighted by molar-refractivity contribution is 7.89. The van der Waals surface area contributed by atoms with Crippen molar-refractivity contribution in [2.24, 2.45) is 0 Å². The average molecular weight is 410 g/mol. The summed E-state index contributed by atoms with van der Waals surface area (Å²) in [6.45, 7) is 2.76. The standard InChI is InChI=1S/C19H27N3O5S/c23-18(22-11-1-2-12-22)9-10-20-19(24)15-5-7-17(8-6-15)28(25,26)21-14-16-4-3-13-27-16/h5-8,16,21H,1-4,9-14H2,(H,20,24)/t16-/m1/s1. The molecule has 2 saturated heterocycles. The average Bonchev–Trinajstić information content (AvgIpc) is 3.40. The first-order valence-electron chi connectivity index (χ1n) is 9.73. The van der Waals surface area contributed by atoms with Crippen molar-refractivity contribution in [1.29, 1.82) is 0 Å². The zero-order valence-electron chi connectivity index (χ0n) is 15.9. The molecule has 3 rings (SSSR count). The van der Waals surface area contributed by atoms with Crippen LogP contribution < -0.4 is 10.0 Å². The third kappa shape index (κ3) is 5.52. The molecule has 2 aliphatic heterocycles. The summed E-state index contributed by atoms with van der Waals surface area (Å²) in [6, 6.07) is 5.75. The number of hydrogen-bond acceptors (Lipinski definition) is 5. The van der Waals surface area contributed by atoms with E-state index in [1.165, 1.54) is 24.3 Å². The van der Waals surface area contributed by atoms with Gasteiger partial charge in [0.1, 0.15) is 0 Å². The van der Waals surface area contributed by atoms with Crippen molar-refractivity contribution in [2.45, 2.75) is 43.1 Å². The van der Waals surface area contributed by atoms with Crippen molar-refractivity contribution in [3.63, 3.8) is 0 Å². The smallest absolute Gasteiger partial charge is 0.251 e. The number of carbonyl (C=O) groups is 2. The molecule has 0 unspecified atom stereocenters. The Kier molecular flexibility index (Phi) is 7.03. The molecule has 2 N–H and O–H groups in total. The Balaban J connectivity index is 1.47. The Morgan fingerprint density at radius 3 is 2.46 bits per heavy atom. The van der Waals surface area contributed by atoms with Gasteiger partial charge in [-0.1, -0.05) is 0 Å². The van der Waals surface area contributed by atoms with Crippen LogP contribution in [0.2, 0.25) is 0 Å². The normalized spacial score (nSPS) is 19.7. The number of ether oxygens (including phenoxy) is 1. The summed E-state index contributed by atoms with van der Waals surface area (Å²) in [5, 5.41) is 2.71. The van der Waals surface area contributed by atoms with E-state index in [2.05, 4.69) is 10.0 Å². The summed E-state index contributed by atoms with van der Waals surface area (Å²) in [4.78, 5) is 26.1. The van der Waals surface area contributed by atoms with Crippen molar-refractivity contribution < 1.29 is 22.7 Å². The molecule has 2 aliphatic rings. The van der Waals surface area contributed by atoms with Crippen LogP contribution in [0.15, 0.2) is 29.2 Å². The van der Waals surface area contributed by atoms with Gasteiger partial charge in [0.05, 0.1) is 11.0 Å². The molecule has 0 aromatic heterocycles. The molecule has 1 aromatic carbocycles. The summed E-state index contributed by atoms with van der Waals surface area (Å²) in [6.07, 6.45) is 4.06. The van der Waals surface area contributed by atoms with Crippen LogP contribution in [-0.2, 0) is 19.6 Å². The number of carbonyl (C=O) groups excluding carboxylic acids is 2. The maximum Gasteiger partial charge on any atom is 0.251 e. The van der Waals surface area contributed by atoms with Crippen LogP contribution in [-0.4, -0.2) is 64.0 Å². The first kappa shape index (κ1) is 20.8. The molecule has 0 radical (unpaired) electrons. The summed E-state index contributed by atoms with van der Waals surface area (Å²) < 4.78 is 32.6. The van der Waals surface area contributed by atoms with Crippen LogP contribution in [0.25, 0.3) is 0 Å². The lowest BCUT2D eigenvalue weighted by molar-refractivity contribution is -0.129. The molecule has 2 heterocycles. The van der Waals surface area contributed by atoms with E-state index in [1.54, 1.807) is 0 Å². The lowest BCUT2D eigenvalue weighted by Crippen LogP contribution is -2.33. The molecule has 0 spiro atoms. The second-order valence-electron chi connectivity index (χ2n) is 7.11. The molecular weight excluding hydrogens is 382 g/mol. The SMILES string of the molecule is O=C(NCCC(=O)N1CCCC1)c1ccc(S(=O)(=O)NC[C@H]2CCCO2)cc1. The number of benzene rings is 1. The maximum absolute atomic E-state index is 12.3. The zero-order valence-corrected chi connectivity index (χ0v) is 16.7. The lowest BCUT2D eigenvalue weighted by Gasteiger charge is -2.15. The van der Waals surface area contributed by atoms with Gasteiger partial charge in [0.15, 0.2) is 0 Å². The molecule has 0 aliphatic carbocycles. The van der Waals surface area contributed by atoms with E-state index in [9.17, 15) is 18.0 Å². The molecule has 8 nitrogen and oxygen atoms in total. The van der Waals surface area contributed by atoms with Crippen molar-refractivity contribution in [3.8, 4) is 0 Å². The topological polar surface area (TPSA) is 105 Å². The van der Waals surface area contributed by atoms with E-state index in [1.807, 2.05) is 4.90 Å². The quantitative estimate of drug-likeness (QED) is 0.663. The Bertz CT molecular complexity index is 782. The minimum absolute atomic E-state index is 0.0524. The van der Waals surface area contributed by atoms with Crippen molar-refractivity contribution in [2.75, 3.05) is 32.8 Å². The summed E-state index contributed by atoms with van der Waals surface area (Å²) in [5.41, 5.74) is 0.353. The Hall–Kier alpha value is -1.97. The van der Waals surface area contributed by atoms with Gasteiger partial charge >= 0.3 is 0 Å². The van der Waals surface area contributed by atoms with E-state index in [-0.39, 0.29) is 42.3 Å². The lowest BCUT2D eigenvalue weighted by atomic mass is 10.2. The first-order chi connectivity index (χ1) is 13.5. The van der Waals surface area contributed by atoms with Crippen LogP contribution >= 0.6 is 0 Å². The van der Waals surface area contributed by atoms with Crippen LogP contribution in [0.1, 0.15) is 42.5 Å². The third-order valence-electron chi connectivity index (χ3n) is 5.04. The van der Waals surface area contributed by atoms with Gasteiger partial charge in [0.25, 0.3) is 5.91 Å². The monoisotopic (exact) mass is 409 g/mol. The minimum Gasteiger partial charge on any atom is -0.377 e. The number of nitrogens with one attached hydrogen (secondary N) is 2. The molecule has 28 heavy (non-hydrogen) atoms. The van der Waals surface area contributed by atoms with E-state index in [0.717, 1.165) is 38.8 Å². The molecule has 2 amide bonds. The number of likely N-dealkylation sites (tertiary alicyclic amines) is 1. The van der Waals surface area contributed by atoms with Crippen molar-refractivity contribution in [3.05, 3.63) is 29.8 Å². The van der Waals surface area contributed by atoms with Crippen LogP contribution in [0, 0.1) is 0 Å². The number of sulfonamides is 1. The number of amides is 2. The van der Waals surface area contributed by atoms with E-state index >= 15 is 0 Å². The third-order valence-corrected chi connectivity index (χ3v) is 6.47. The predicted molar refractivity (Wildman–Crippen MR) is 103 cm³/mol. The fourth-order valence-corrected chi connectivity index (χ4v) is 4.45. The van der Waals surface area contributed by atoms with Gasteiger partial charge in [-0.2, -0.15) is 0 Å². The minimum atomic E-state index is -3.64. The van der Waals surface area contributed by atoms with Gasteiger partial charge in [-0.3, -0.25) is 9.59 Å². The van der Waals surface area contributed by atoms with E-state index in [0.29, 0.717) is 12.2 Å². The second-order valence-corrected chi connectivity index (χ2v) is 8.87. The molecule has 9 heteroatoms. The van der Waals surface area contributed by atoms with Crippen molar-refractivity contribution in [1.82, 2.24) is 14.9 Å². The summed E-state index contributed by atoms with van der Waals surface area (Å²) in [7, 11) is -3.64. The van der Waals surface area contributed by atoms with Gasteiger partial charge in [0, 0.05) is 44.8 Å². The molecule has 1 atom stereocenters. The molecule has 0 saturated carbocycles. The highest BCUT2D eigenvalue weighted by Gasteiger charge is 2.21. The van der Waals surface area contributed by atoms with Gasteiger partial charge in [-0.25, -0.2) is 13.1 Å². The zero-order chi connectivity index (χ0) is 20.0. The van der Waals surface area contributed by atoms with Gasteiger partial charge < -0.3 is 15.0 Å². The molecular formula is C19H27N3O5S. The molecule has 2 fully saturated rings. The fourth-order valence-electron chi connectivity index (χ4n) is 3.39. The first-order valence-corrected chi connectivity index (χ1v) is 11.2. The summed E-state index contributed by atoms with van der Waals surface area (Å²) in [5.74, 6) is -0.276. The Morgan fingerprint density at radius 1 is 1.11 bits per heavy atom. The predicted octanol–water partition coefficient (Wildman–Crippen LogP) is 0.886. The van der Waals surface area contributed by atoms with E-state index in [4.69, 9.17) is 4.74 Å². The number of hydrogen-bond donors (Lipinski definition) is 2. The van der Waals surface area contributed by atoms with Gasteiger partial charge in [0.2, 0.25) is 15.9 Å². The largest absolute Gasteiger partial charge is 0.377 e. The highest BCUT2D eigenvalue weighted by atomic mass is 32.2. The summed E-state index contributed by atoms with van der Waals surface area (Å²) >= 11 is 0. The maximum atomic E-state index is 12.3. The molecule has 154 valence electrons. The number of rotatable bonds is 8. The van der Waals surface area contributed by atoms with E-state index < -0.39 is 10.0 Å². The van der Waals surface area contributed by atoms with Gasteiger partial charge in [-0.15, -0.1) is 0 Å². The number of nitrogens with zero attached hydrogens (tertiary/aromatic N) is 1. The molecule has 0 bridgehead atoms. The highest BCUT2D eigenvalue weighted by Crippen LogP contribution is 2.14. The second kappa shape index (κ2) is 9.49. The van der Waals surface area contributed by atoms with Crippen LogP contribution in [0.3, 0.4) is 0 Å². The Labute approximate surface area is 165 Å². The van der Waals surface area contributed by atoms with Crippen molar-refractivity contribution >= 4 is 21.8 Å². The van der Waals surface area contributed by atoms with Crippen LogP contribution in [0.4, 0.5) is 0 Å². The molecule has 1 aromatic rings. The fraction of sp³-hybridized carbons (Fsp3) is 0.579. The van der Waals surface area contributed by atoms with Gasteiger partial charge in [-0.05, 0) is 49.9 Å². The Morgan fingerprint density at radius 2 is 1.82 bits per heavy atom. The van der Waals surface area contributed by atoms with Crippen LogP contribution in [0.5, 0.6) is 0 Å².